The number of hydrogen-bond acceptors (Lipinski definition) is 4. The first-order chi connectivity index (χ1) is 15.7. The normalized spacial score (nSPS) is 12.1. The van der Waals surface area contributed by atoms with Gasteiger partial charge in [-0.3, -0.25) is 0 Å². The fourth-order valence-corrected chi connectivity index (χ4v) is 3.90. The second-order valence-electron chi connectivity index (χ2n) is 8.70. The second kappa shape index (κ2) is 16.7. The van der Waals surface area contributed by atoms with Gasteiger partial charge in [-0.2, -0.15) is 0 Å². The van der Waals surface area contributed by atoms with Gasteiger partial charge in [0.25, 0.3) is 0 Å². The van der Waals surface area contributed by atoms with E-state index in [0.29, 0.717) is 24.5 Å². The molecule has 0 radical (unpaired) electrons. The Balaban J connectivity index is 1.61. The van der Waals surface area contributed by atoms with E-state index in [9.17, 15) is 10.2 Å². The van der Waals surface area contributed by atoms with E-state index >= 15 is 0 Å². The summed E-state index contributed by atoms with van der Waals surface area (Å²) >= 11 is 0. The van der Waals surface area contributed by atoms with Crippen molar-refractivity contribution in [2.45, 2.75) is 90.4 Å². The van der Waals surface area contributed by atoms with Crippen LogP contribution in [0.25, 0.3) is 0 Å². The Morgan fingerprint density at radius 2 is 1.50 bits per heavy atom. The fourth-order valence-electron chi connectivity index (χ4n) is 3.90. The molecule has 32 heavy (non-hydrogen) atoms. The number of aliphatic hydroxyl groups is 2. The molecular weight excluding hydrogens is 398 g/mol. The summed E-state index contributed by atoms with van der Waals surface area (Å²) in [7, 11) is 0. The van der Waals surface area contributed by atoms with Crippen molar-refractivity contribution >= 4 is 0 Å². The van der Waals surface area contributed by atoms with Gasteiger partial charge in [0.2, 0.25) is 0 Å². The molecule has 0 spiro atoms. The topological polar surface area (TPSA) is 61.7 Å². The zero-order chi connectivity index (χ0) is 22.9. The molecular formula is C28H43NO3. The maximum Gasteiger partial charge on any atom is 0.125 e. The van der Waals surface area contributed by atoms with Crippen LogP contribution in [0.1, 0.15) is 93.9 Å². The Labute approximate surface area is 195 Å². The number of benzene rings is 2. The zero-order valence-corrected chi connectivity index (χ0v) is 19.9. The molecule has 0 amide bonds. The van der Waals surface area contributed by atoms with Crippen molar-refractivity contribution < 1.29 is 14.9 Å². The van der Waals surface area contributed by atoms with Crippen molar-refractivity contribution in [3.05, 3.63) is 65.2 Å². The molecule has 0 aromatic heterocycles. The summed E-state index contributed by atoms with van der Waals surface area (Å²) in [5.74, 6) is 0.658. The van der Waals surface area contributed by atoms with Crippen LogP contribution >= 0.6 is 0 Å². The van der Waals surface area contributed by atoms with Crippen LogP contribution in [0.15, 0.2) is 48.5 Å². The van der Waals surface area contributed by atoms with Gasteiger partial charge in [-0.15, -0.1) is 0 Å². The Kier molecular flexibility index (Phi) is 13.8. The van der Waals surface area contributed by atoms with E-state index in [1.807, 2.05) is 48.5 Å². The molecule has 4 heteroatoms. The average molecular weight is 442 g/mol. The summed E-state index contributed by atoms with van der Waals surface area (Å²) in [5, 5.41) is 23.6. The van der Waals surface area contributed by atoms with E-state index in [4.69, 9.17) is 4.74 Å². The largest absolute Gasteiger partial charge is 0.489 e. The molecule has 3 N–H and O–H groups in total. The molecule has 178 valence electrons. The lowest BCUT2D eigenvalue weighted by Gasteiger charge is -2.16. The second-order valence-corrected chi connectivity index (χ2v) is 8.70. The summed E-state index contributed by atoms with van der Waals surface area (Å²) in [4.78, 5) is 0. The van der Waals surface area contributed by atoms with Crippen molar-refractivity contribution in [1.82, 2.24) is 5.32 Å². The first kappa shape index (κ1) is 26.4. The van der Waals surface area contributed by atoms with Gasteiger partial charge in [0, 0.05) is 12.1 Å². The first-order valence-electron chi connectivity index (χ1n) is 12.5. The lowest BCUT2D eigenvalue weighted by Crippen LogP contribution is -2.22. The third-order valence-electron chi connectivity index (χ3n) is 5.92. The Bertz CT molecular complexity index is 720. The van der Waals surface area contributed by atoms with E-state index in [2.05, 4.69) is 12.2 Å². The highest BCUT2D eigenvalue weighted by atomic mass is 16.5. The predicted molar refractivity (Wildman–Crippen MR) is 133 cm³/mol. The van der Waals surface area contributed by atoms with Crippen LogP contribution < -0.4 is 10.1 Å². The SMILES string of the molecule is CCCCCCCCCCCCNC[C@H](O)c1ccc(OCc2ccccc2)c(CO)c1. The number of rotatable bonds is 18. The summed E-state index contributed by atoms with van der Waals surface area (Å²) in [6, 6.07) is 15.5. The fraction of sp³-hybridized carbons (Fsp3) is 0.571. The molecule has 0 heterocycles. The standard InChI is InChI=1S/C28H43NO3/c1-2-3-4-5-6-7-8-9-10-14-19-29-21-27(31)25-17-18-28(26(20-25)22-30)32-23-24-15-12-11-13-16-24/h11-13,15-18,20,27,29-31H,2-10,14,19,21-23H2,1H3/t27-/m0/s1. The number of aliphatic hydroxyl groups excluding tert-OH is 2. The lowest BCUT2D eigenvalue weighted by atomic mass is 10.0. The van der Waals surface area contributed by atoms with Crippen LogP contribution in [-0.2, 0) is 13.2 Å². The minimum Gasteiger partial charge on any atom is -0.489 e. The van der Waals surface area contributed by atoms with Crippen LogP contribution in [0.2, 0.25) is 0 Å². The van der Waals surface area contributed by atoms with Crippen molar-refractivity contribution in [3.63, 3.8) is 0 Å². The van der Waals surface area contributed by atoms with Crippen molar-refractivity contribution in [2.24, 2.45) is 0 Å². The van der Waals surface area contributed by atoms with E-state index in [1.54, 1.807) is 0 Å². The van der Waals surface area contributed by atoms with Gasteiger partial charge >= 0.3 is 0 Å². The van der Waals surface area contributed by atoms with Crippen molar-refractivity contribution in [2.75, 3.05) is 13.1 Å². The summed E-state index contributed by atoms with van der Waals surface area (Å²) < 4.78 is 5.87. The predicted octanol–water partition coefficient (Wildman–Crippen LogP) is 6.30. The molecule has 2 aromatic rings. The lowest BCUT2D eigenvalue weighted by molar-refractivity contribution is 0.174. The van der Waals surface area contributed by atoms with E-state index in [1.165, 1.54) is 57.8 Å². The van der Waals surface area contributed by atoms with Crippen molar-refractivity contribution in [3.8, 4) is 5.75 Å². The smallest absolute Gasteiger partial charge is 0.125 e. The Morgan fingerprint density at radius 1 is 0.844 bits per heavy atom. The molecule has 0 saturated heterocycles. The summed E-state index contributed by atoms with van der Waals surface area (Å²) in [6.45, 7) is 4.05. The van der Waals surface area contributed by atoms with Gasteiger partial charge in [0.1, 0.15) is 12.4 Å². The van der Waals surface area contributed by atoms with Crippen LogP contribution in [-0.4, -0.2) is 23.3 Å². The third kappa shape index (κ3) is 10.6. The van der Waals surface area contributed by atoms with Crippen molar-refractivity contribution in [1.29, 1.82) is 0 Å². The molecule has 2 aromatic carbocycles. The summed E-state index contributed by atoms with van der Waals surface area (Å²) in [6.07, 6.45) is 12.7. The highest BCUT2D eigenvalue weighted by molar-refractivity contribution is 5.38. The average Bonchev–Trinajstić information content (AvgIpc) is 2.83. The monoisotopic (exact) mass is 441 g/mol. The molecule has 0 unspecified atom stereocenters. The van der Waals surface area contributed by atoms with Gasteiger partial charge in [0.15, 0.2) is 0 Å². The molecule has 4 nitrogen and oxygen atoms in total. The molecule has 2 rings (SSSR count). The zero-order valence-electron chi connectivity index (χ0n) is 19.9. The van der Waals surface area contributed by atoms with Crippen LogP contribution in [0.4, 0.5) is 0 Å². The quantitative estimate of drug-likeness (QED) is 0.238. The Hall–Kier alpha value is -1.88. The number of nitrogens with one attached hydrogen (secondary N) is 1. The van der Waals surface area contributed by atoms with E-state index in [-0.39, 0.29) is 6.61 Å². The van der Waals surface area contributed by atoms with Gasteiger partial charge in [0.05, 0.1) is 12.7 Å². The molecule has 0 fully saturated rings. The van der Waals surface area contributed by atoms with Crippen LogP contribution in [0.3, 0.4) is 0 Å². The molecule has 0 aliphatic heterocycles. The molecule has 0 bridgehead atoms. The third-order valence-corrected chi connectivity index (χ3v) is 5.92. The van der Waals surface area contributed by atoms with Crippen LogP contribution in [0, 0.1) is 0 Å². The highest BCUT2D eigenvalue weighted by Gasteiger charge is 2.11. The Morgan fingerprint density at radius 3 is 2.16 bits per heavy atom. The summed E-state index contributed by atoms with van der Waals surface area (Å²) in [5.41, 5.74) is 2.58. The van der Waals surface area contributed by atoms with Gasteiger partial charge in [-0.1, -0.05) is 101 Å². The van der Waals surface area contributed by atoms with E-state index in [0.717, 1.165) is 24.1 Å². The molecule has 0 aliphatic rings. The van der Waals surface area contributed by atoms with Gasteiger partial charge < -0.3 is 20.3 Å². The van der Waals surface area contributed by atoms with Gasteiger partial charge in [-0.25, -0.2) is 0 Å². The minimum absolute atomic E-state index is 0.114. The molecule has 0 saturated carbocycles. The molecule has 1 atom stereocenters. The molecule has 0 aliphatic carbocycles. The highest BCUT2D eigenvalue weighted by Crippen LogP contribution is 2.24. The minimum atomic E-state index is -0.591. The number of ether oxygens (including phenoxy) is 1. The maximum atomic E-state index is 10.5. The van der Waals surface area contributed by atoms with Crippen LogP contribution in [0.5, 0.6) is 5.75 Å². The van der Waals surface area contributed by atoms with Gasteiger partial charge in [-0.05, 0) is 36.2 Å². The maximum absolute atomic E-state index is 10.5. The van der Waals surface area contributed by atoms with E-state index < -0.39 is 6.10 Å². The first-order valence-corrected chi connectivity index (χ1v) is 12.5. The number of unbranched alkanes of at least 4 members (excludes halogenated alkanes) is 9. The number of hydrogen-bond donors (Lipinski definition) is 3.